The van der Waals surface area contributed by atoms with E-state index in [2.05, 4.69) is 6.92 Å². The van der Waals surface area contributed by atoms with E-state index in [0.717, 1.165) is 39.1 Å². The lowest BCUT2D eigenvalue weighted by molar-refractivity contribution is -0.902. The van der Waals surface area contributed by atoms with Crippen LogP contribution >= 0.6 is 0 Å². The molecule has 29 heavy (non-hydrogen) atoms. The molecule has 0 unspecified atom stereocenters. The van der Waals surface area contributed by atoms with Crippen molar-refractivity contribution in [2.75, 3.05) is 60.0 Å². The van der Waals surface area contributed by atoms with Crippen LogP contribution < -0.4 is 14.4 Å². The van der Waals surface area contributed by atoms with Gasteiger partial charge < -0.3 is 19.3 Å². The fourth-order valence-corrected chi connectivity index (χ4v) is 5.68. The number of amides is 1. The van der Waals surface area contributed by atoms with Crippen LogP contribution in [-0.4, -0.2) is 83.6 Å². The van der Waals surface area contributed by atoms with Gasteiger partial charge in [-0.15, -0.1) is 0 Å². The van der Waals surface area contributed by atoms with Crippen LogP contribution in [0.15, 0.2) is 23.1 Å². The van der Waals surface area contributed by atoms with Crippen LogP contribution in [-0.2, 0) is 14.8 Å². The molecule has 9 heteroatoms. The summed E-state index contributed by atoms with van der Waals surface area (Å²) >= 11 is 0. The lowest BCUT2D eigenvalue weighted by Crippen LogP contribution is -3.14. The van der Waals surface area contributed by atoms with Crippen molar-refractivity contribution in [3.63, 3.8) is 0 Å². The van der Waals surface area contributed by atoms with Crippen molar-refractivity contribution >= 4 is 15.9 Å². The average Bonchev–Trinajstić information content (AvgIpc) is 2.78. The number of benzene rings is 1. The Hall–Kier alpha value is -1.84. The van der Waals surface area contributed by atoms with E-state index in [4.69, 9.17) is 9.47 Å². The van der Waals surface area contributed by atoms with E-state index in [1.807, 2.05) is 4.90 Å². The van der Waals surface area contributed by atoms with Crippen molar-refractivity contribution in [3.05, 3.63) is 18.2 Å². The Kier molecular flexibility index (Phi) is 7.02. The van der Waals surface area contributed by atoms with Crippen LogP contribution in [0.3, 0.4) is 0 Å². The summed E-state index contributed by atoms with van der Waals surface area (Å²) in [5.74, 6) is 0.662. The highest BCUT2D eigenvalue weighted by Gasteiger charge is 2.36. The van der Waals surface area contributed by atoms with E-state index in [9.17, 15) is 13.2 Å². The van der Waals surface area contributed by atoms with Gasteiger partial charge in [0.25, 0.3) is 0 Å². The monoisotopic (exact) mass is 426 g/mol. The Morgan fingerprint density at radius 3 is 2.45 bits per heavy atom. The average molecular weight is 427 g/mol. The largest absolute Gasteiger partial charge is 0.493 e. The molecular weight excluding hydrogens is 394 g/mol. The van der Waals surface area contributed by atoms with Gasteiger partial charge in [-0.05, 0) is 31.9 Å². The Morgan fingerprint density at radius 2 is 1.83 bits per heavy atom. The van der Waals surface area contributed by atoms with Gasteiger partial charge in [0.1, 0.15) is 0 Å². The maximum atomic E-state index is 13.2. The smallest absolute Gasteiger partial charge is 0.243 e. The zero-order valence-corrected chi connectivity index (χ0v) is 18.3. The van der Waals surface area contributed by atoms with Crippen molar-refractivity contribution < 1.29 is 27.6 Å². The molecule has 2 aliphatic rings. The van der Waals surface area contributed by atoms with Crippen LogP contribution in [0.5, 0.6) is 11.5 Å². The first-order chi connectivity index (χ1) is 13.9. The minimum absolute atomic E-state index is 0.0902. The maximum absolute atomic E-state index is 13.2. The number of nitrogens with zero attached hydrogens (tertiary/aromatic N) is 2. The number of nitrogens with one attached hydrogen (secondary N) is 1. The Labute approximate surface area is 173 Å². The number of ether oxygens (including phenoxy) is 2. The third-order valence-corrected chi connectivity index (χ3v) is 7.87. The fourth-order valence-electron chi connectivity index (χ4n) is 4.14. The van der Waals surface area contributed by atoms with E-state index >= 15 is 0 Å². The third kappa shape index (κ3) is 4.67. The van der Waals surface area contributed by atoms with Crippen LogP contribution in [0.4, 0.5) is 0 Å². The van der Waals surface area contributed by atoms with Gasteiger partial charge in [-0.2, -0.15) is 4.31 Å². The summed E-state index contributed by atoms with van der Waals surface area (Å²) in [7, 11) is -0.722. The molecule has 0 bridgehead atoms. The molecule has 0 saturated carbocycles. The van der Waals surface area contributed by atoms with E-state index in [0.29, 0.717) is 24.5 Å². The van der Waals surface area contributed by atoms with E-state index in [1.165, 1.54) is 35.6 Å². The number of rotatable bonds is 6. The predicted molar refractivity (Wildman–Crippen MR) is 109 cm³/mol. The summed E-state index contributed by atoms with van der Waals surface area (Å²) in [5, 5.41) is 0. The highest BCUT2D eigenvalue weighted by atomic mass is 32.2. The zero-order valence-electron chi connectivity index (χ0n) is 17.5. The number of hydrogen-bond donors (Lipinski definition) is 1. The molecule has 1 N–H and O–H groups in total. The number of piperazine rings is 1. The molecule has 0 aliphatic carbocycles. The van der Waals surface area contributed by atoms with E-state index in [-0.39, 0.29) is 23.3 Å². The van der Waals surface area contributed by atoms with Crippen LogP contribution in [0.25, 0.3) is 0 Å². The number of methoxy groups -OCH3 is 2. The molecule has 0 spiro atoms. The summed E-state index contributed by atoms with van der Waals surface area (Å²) in [6.07, 6.45) is 1.42. The first-order valence-electron chi connectivity index (χ1n) is 10.2. The summed E-state index contributed by atoms with van der Waals surface area (Å²) in [5.41, 5.74) is 0. The Balaban J connectivity index is 1.72. The zero-order chi connectivity index (χ0) is 21.0. The summed E-state index contributed by atoms with van der Waals surface area (Å²) in [6, 6.07) is 4.59. The number of likely N-dealkylation sites (N-methyl/N-ethyl adjacent to an activating group) is 1. The lowest BCUT2D eigenvalue weighted by Gasteiger charge is -2.37. The van der Waals surface area contributed by atoms with Crippen LogP contribution in [0, 0.1) is 5.92 Å². The van der Waals surface area contributed by atoms with Gasteiger partial charge in [-0.1, -0.05) is 0 Å². The maximum Gasteiger partial charge on any atom is 0.243 e. The molecule has 1 atom stereocenters. The summed E-state index contributed by atoms with van der Waals surface area (Å²) in [4.78, 5) is 16.6. The molecule has 1 aromatic carbocycles. The number of carbonyl (C=O) groups is 1. The molecule has 3 rings (SSSR count). The van der Waals surface area contributed by atoms with Crippen molar-refractivity contribution in [3.8, 4) is 11.5 Å². The number of hydrogen-bond acceptors (Lipinski definition) is 5. The van der Waals surface area contributed by atoms with Gasteiger partial charge in [0, 0.05) is 19.2 Å². The Morgan fingerprint density at radius 1 is 1.14 bits per heavy atom. The second-order valence-corrected chi connectivity index (χ2v) is 9.59. The van der Waals surface area contributed by atoms with Crippen LogP contribution in [0.2, 0.25) is 0 Å². The van der Waals surface area contributed by atoms with Crippen molar-refractivity contribution in [1.29, 1.82) is 0 Å². The molecule has 1 amide bonds. The molecule has 2 fully saturated rings. The van der Waals surface area contributed by atoms with Crippen molar-refractivity contribution in [1.82, 2.24) is 9.21 Å². The van der Waals surface area contributed by atoms with Gasteiger partial charge >= 0.3 is 0 Å². The standard InChI is InChI=1S/C20H31N3O5S/c1-4-21-10-12-22(13-11-21)20(24)16-6-5-9-23(15-16)29(25,26)17-7-8-18(27-2)19(14-17)28-3/h7-8,14,16H,4-6,9-13,15H2,1-3H3/p+1/t16-/m0/s1. The fraction of sp³-hybridized carbons (Fsp3) is 0.650. The highest BCUT2D eigenvalue weighted by molar-refractivity contribution is 7.89. The summed E-state index contributed by atoms with van der Waals surface area (Å²) in [6.45, 7) is 7.31. The van der Waals surface area contributed by atoms with Crippen molar-refractivity contribution in [2.45, 2.75) is 24.7 Å². The molecule has 8 nitrogen and oxygen atoms in total. The van der Waals surface area contributed by atoms with E-state index in [1.54, 1.807) is 6.07 Å². The van der Waals surface area contributed by atoms with Gasteiger partial charge in [0.15, 0.2) is 11.5 Å². The van der Waals surface area contributed by atoms with Gasteiger partial charge in [0.2, 0.25) is 15.9 Å². The molecule has 1 aromatic rings. The van der Waals surface area contributed by atoms with Gasteiger partial charge in [-0.3, -0.25) is 4.79 Å². The predicted octanol–water partition coefficient (Wildman–Crippen LogP) is -0.148. The third-order valence-electron chi connectivity index (χ3n) is 6.01. The van der Waals surface area contributed by atoms with Gasteiger partial charge in [0.05, 0.1) is 57.8 Å². The minimum Gasteiger partial charge on any atom is -0.493 e. The number of sulfonamides is 1. The van der Waals surface area contributed by atoms with Gasteiger partial charge in [-0.25, -0.2) is 8.42 Å². The first kappa shape index (κ1) is 21.9. The minimum atomic E-state index is -3.71. The number of quaternary nitrogens is 1. The molecule has 162 valence electrons. The summed E-state index contributed by atoms with van der Waals surface area (Å²) < 4.78 is 38.2. The topological polar surface area (TPSA) is 80.6 Å². The van der Waals surface area contributed by atoms with Crippen LogP contribution in [0.1, 0.15) is 19.8 Å². The SMILES string of the molecule is CC[NH+]1CCN(C(=O)[C@H]2CCCN(S(=O)(=O)c3ccc(OC)c(OC)c3)C2)CC1. The second kappa shape index (κ2) is 9.32. The van der Waals surface area contributed by atoms with Crippen molar-refractivity contribution in [2.24, 2.45) is 5.92 Å². The Bertz CT molecular complexity index is 821. The van der Waals surface area contributed by atoms with E-state index < -0.39 is 10.0 Å². The molecule has 0 radical (unpaired) electrons. The highest BCUT2D eigenvalue weighted by Crippen LogP contribution is 2.32. The lowest BCUT2D eigenvalue weighted by atomic mass is 9.98. The molecule has 2 saturated heterocycles. The molecule has 2 aliphatic heterocycles. The number of carbonyl (C=O) groups excluding carboxylic acids is 1. The normalized spacial score (nSPS) is 21.8. The first-order valence-corrected chi connectivity index (χ1v) is 11.7. The number of piperidine rings is 1. The second-order valence-electron chi connectivity index (χ2n) is 7.65. The quantitative estimate of drug-likeness (QED) is 0.685. The molecule has 2 heterocycles. The molecule has 0 aromatic heterocycles. The molecular formula is C20H32N3O5S+.